The lowest BCUT2D eigenvalue weighted by Crippen LogP contribution is -2.11. The molecule has 2 N–H and O–H groups in total. The van der Waals surface area contributed by atoms with Crippen molar-refractivity contribution in [3.63, 3.8) is 0 Å². The van der Waals surface area contributed by atoms with Crippen LogP contribution in [0.15, 0.2) is 0 Å². The normalized spacial score (nSPS) is 12.7. The van der Waals surface area contributed by atoms with E-state index in [0.717, 1.165) is 6.42 Å². The van der Waals surface area contributed by atoms with Gasteiger partial charge in [0.05, 0.1) is 12.7 Å². The van der Waals surface area contributed by atoms with Crippen molar-refractivity contribution in [2.75, 3.05) is 6.61 Å². The van der Waals surface area contributed by atoms with E-state index in [9.17, 15) is 5.11 Å². The molecular weight excluding hydrogens is 284 g/mol. The summed E-state index contributed by atoms with van der Waals surface area (Å²) in [4.78, 5) is 0. The summed E-state index contributed by atoms with van der Waals surface area (Å²) in [5, 5.41) is 17.9. The zero-order valence-corrected chi connectivity index (χ0v) is 15.8. The maximum atomic E-state index is 9.20. The summed E-state index contributed by atoms with van der Waals surface area (Å²) in [5.41, 5.74) is 0. The molecule has 0 fully saturated rings. The van der Waals surface area contributed by atoms with Crippen LogP contribution in [0.2, 0.25) is 0 Å². The zero-order valence-electron chi connectivity index (χ0n) is 15.8. The molecule has 0 aliphatic rings. The molecule has 2 nitrogen and oxygen atoms in total. The van der Waals surface area contributed by atoms with Crippen LogP contribution in [0.25, 0.3) is 0 Å². The summed E-state index contributed by atoms with van der Waals surface area (Å²) >= 11 is 0. The molecule has 0 spiro atoms. The van der Waals surface area contributed by atoms with Gasteiger partial charge < -0.3 is 10.2 Å². The van der Waals surface area contributed by atoms with Gasteiger partial charge in [-0.15, -0.1) is 0 Å². The third-order valence-corrected chi connectivity index (χ3v) is 4.66. The molecule has 0 aromatic carbocycles. The van der Waals surface area contributed by atoms with E-state index in [0.29, 0.717) is 6.42 Å². The summed E-state index contributed by atoms with van der Waals surface area (Å²) in [5.74, 6) is 0. The SMILES string of the molecule is CCCCCCCCCCCCCCCCC[CH]CC(O)CO. The summed E-state index contributed by atoms with van der Waals surface area (Å²) in [6.07, 6.45) is 24.3. The highest BCUT2D eigenvalue weighted by atomic mass is 16.3. The van der Waals surface area contributed by atoms with Crippen molar-refractivity contribution in [1.82, 2.24) is 0 Å². The van der Waals surface area contributed by atoms with Crippen molar-refractivity contribution in [2.45, 2.75) is 122 Å². The first kappa shape index (κ1) is 22.9. The van der Waals surface area contributed by atoms with E-state index in [2.05, 4.69) is 13.3 Å². The van der Waals surface area contributed by atoms with Gasteiger partial charge in [0.15, 0.2) is 0 Å². The first-order valence-corrected chi connectivity index (χ1v) is 10.4. The third kappa shape index (κ3) is 19.9. The Bertz CT molecular complexity index is 206. The van der Waals surface area contributed by atoms with E-state index in [4.69, 9.17) is 5.11 Å². The van der Waals surface area contributed by atoms with Gasteiger partial charge in [0.2, 0.25) is 0 Å². The minimum atomic E-state index is -0.550. The Hall–Kier alpha value is -0.0800. The van der Waals surface area contributed by atoms with Gasteiger partial charge in [-0.25, -0.2) is 0 Å². The molecule has 0 heterocycles. The second kappa shape index (κ2) is 20.0. The fraction of sp³-hybridized carbons (Fsp3) is 0.952. The third-order valence-electron chi connectivity index (χ3n) is 4.66. The molecule has 0 saturated heterocycles. The van der Waals surface area contributed by atoms with E-state index in [-0.39, 0.29) is 6.61 Å². The van der Waals surface area contributed by atoms with Crippen LogP contribution in [0.1, 0.15) is 116 Å². The quantitative estimate of drug-likeness (QED) is 0.277. The summed E-state index contributed by atoms with van der Waals surface area (Å²) in [6.45, 7) is 2.17. The first-order chi connectivity index (χ1) is 11.3. The lowest BCUT2D eigenvalue weighted by atomic mass is 10.0. The lowest BCUT2D eigenvalue weighted by Gasteiger charge is -2.06. The van der Waals surface area contributed by atoms with Crippen molar-refractivity contribution in [3.8, 4) is 0 Å². The monoisotopic (exact) mass is 327 g/mol. The Kier molecular flexibility index (Phi) is 19.9. The topological polar surface area (TPSA) is 40.5 Å². The highest BCUT2D eigenvalue weighted by Crippen LogP contribution is 2.14. The van der Waals surface area contributed by atoms with E-state index in [1.54, 1.807) is 0 Å². The second-order valence-corrected chi connectivity index (χ2v) is 7.10. The van der Waals surface area contributed by atoms with Gasteiger partial charge in [-0.1, -0.05) is 110 Å². The van der Waals surface area contributed by atoms with Crippen molar-refractivity contribution < 1.29 is 10.2 Å². The van der Waals surface area contributed by atoms with E-state index in [1.807, 2.05) is 0 Å². The van der Waals surface area contributed by atoms with E-state index >= 15 is 0 Å². The average molecular weight is 328 g/mol. The van der Waals surface area contributed by atoms with Gasteiger partial charge in [-0.05, 0) is 12.8 Å². The molecule has 1 atom stereocenters. The van der Waals surface area contributed by atoms with Gasteiger partial charge in [-0.3, -0.25) is 0 Å². The number of aliphatic hydroxyl groups is 2. The molecule has 0 bridgehead atoms. The molecular formula is C21H43O2. The number of aliphatic hydroxyl groups excluding tert-OH is 2. The van der Waals surface area contributed by atoms with Crippen molar-refractivity contribution in [3.05, 3.63) is 6.42 Å². The second-order valence-electron chi connectivity index (χ2n) is 7.10. The van der Waals surface area contributed by atoms with Crippen LogP contribution in [0.5, 0.6) is 0 Å². The molecule has 0 rings (SSSR count). The van der Waals surface area contributed by atoms with E-state index in [1.165, 1.54) is 96.3 Å². The largest absolute Gasteiger partial charge is 0.394 e. The van der Waals surface area contributed by atoms with Crippen molar-refractivity contribution >= 4 is 0 Å². The number of hydrogen-bond acceptors (Lipinski definition) is 2. The van der Waals surface area contributed by atoms with Gasteiger partial charge in [0.1, 0.15) is 0 Å². The molecule has 2 heteroatoms. The van der Waals surface area contributed by atoms with E-state index < -0.39 is 6.10 Å². The molecule has 0 aliphatic heterocycles. The maximum absolute atomic E-state index is 9.20. The lowest BCUT2D eigenvalue weighted by molar-refractivity contribution is 0.0940. The minimum absolute atomic E-state index is 0.116. The molecule has 0 aromatic rings. The highest BCUT2D eigenvalue weighted by molar-refractivity contribution is 4.69. The van der Waals surface area contributed by atoms with Crippen molar-refractivity contribution in [2.24, 2.45) is 0 Å². The Morgan fingerprint density at radius 1 is 0.652 bits per heavy atom. The summed E-state index contributed by atoms with van der Waals surface area (Å²) < 4.78 is 0. The fourth-order valence-electron chi connectivity index (χ4n) is 3.04. The molecule has 0 saturated carbocycles. The summed E-state index contributed by atoms with van der Waals surface area (Å²) in [6, 6.07) is 0. The average Bonchev–Trinajstić information content (AvgIpc) is 2.57. The predicted molar refractivity (Wildman–Crippen MR) is 102 cm³/mol. The molecule has 1 radical (unpaired) electrons. The first-order valence-electron chi connectivity index (χ1n) is 10.4. The van der Waals surface area contributed by atoms with Crippen molar-refractivity contribution in [1.29, 1.82) is 0 Å². The molecule has 23 heavy (non-hydrogen) atoms. The van der Waals surface area contributed by atoms with Gasteiger partial charge in [0.25, 0.3) is 0 Å². The smallest absolute Gasteiger partial charge is 0.0773 e. The Balaban J connectivity index is 2.97. The molecule has 0 aliphatic carbocycles. The number of hydrogen-bond donors (Lipinski definition) is 2. The standard InChI is InChI=1S/C21H43O2/c1-2-3-4-5-6-7-8-9-10-11-12-13-14-15-16-17-18-19-21(23)20-22/h18,21-23H,2-17,19-20H2,1H3. The zero-order chi connectivity index (χ0) is 17.0. The maximum Gasteiger partial charge on any atom is 0.0773 e. The van der Waals surface area contributed by atoms with Crippen LogP contribution >= 0.6 is 0 Å². The van der Waals surface area contributed by atoms with Crippen LogP contribution in [-0.2, 0) is 0 Å². The molecule has 1 unspecified atom stereocenters. The van der Waals surface area contributed by atoms with Gasteiger partial charge in [-0.2, -0.15) is 0 Å². The Morgan fingerprint density at radius 2 is 1.04 bits per heavy atom. The van der Waals surface area contributed by atoms with Crippen LogP contribution in [0.3, 0.4) is 0 Å². The van der Waals surface area contributed by atoms with Crippen LogP contribution < -0.4 is 0 Å². The highest BCUT2D eigenvalue weighted by Gasteiger charge is 2.00. The molecule has 0 amide bonds. The Morgan fingerprint density at radius 3 is 1.43 bits per heavy atom. The molecule has 0 aromatic heterocycles. The van der Waals surface area contributed by atoms with Crippen LogP contribution in [0, 0.1) is 6.42 Å². The van der Waals surface area contributed by atoms with Crippen LogP contribution in [-0.4, -0.2) is 22.9 Å². The minimum Gasteiger partial charge on any atom is -0.394 e. The van der Waals surface area contributed by atoms with Gasteiger partial charge >= 0.3 is 0 Å². The Labute approximate surface area is 146 Å². The predicted octanol–water partition coefficient (Wildman–Crippen LogP) is 6.20. The number of unbranched alkanes of at least 4 members (excludes halogenated alkanes) is 16. The summed E-state index contributed by atoms with van der Waals surface area (Å²) in [7, 11) is 0. The van der Waals surface area contributed by atoms with Crippen LogP contribution in [0.4, 0.5) is 0 Å². The van der Waals surface area contributed by atoms with Gasteiger partial charge in [0, 0.05) is 0 Å². The molecule has 139 valence electrons. The fourth-order valence-corrected chi connectivity index (χ4v) is 3.04. The number of rotatable bonds is 19.